The first-order valence-corrected chi connectivity index (χ1v) is 11.9. The molecule has 1 unspecified atom stereocenters. The molecular weight excluding hydrogens is 414 g/mol. The molecule has 1 atom stereocenters. The van der Waals surface area contributed by atoms with Gasteiger partial charge in [0.05, 0.1) is 0 Å². The molecule has 3 aromatic heterocycles. The van der Waals surface area contributed by atoms with Crippen LogP contribution < -0.4 is 15.1 Å². The summed E-state index contributed by atoms with van der Waals surface area (Å²) in [6.07, 6.45) is 9.17. The van der Waals surface area contributed by atoms with Gasteiger partial charge in [0.1, 0.15) is 17.5 Å². The molecule has 0 radical (unpaired) electrons. The Balaban J connectivity index is 1.46. The van der Waals surface area contributed by atoms with E-state index in [2.05, 4.69) is 38.9 Å². The Morgan fingerprint density at radius 3 is 2.58 bits per heavy atom. The standard InChI is InChI=1S/C25H33N7O/c1-17(15-33)19-13-28-23(31-10-5-11-31)20-14-27-22(12-18(19)20)29-21-6-8-26-24(30-21)32-9-4-7-25(2,3)16-32/h6,8,12-14,17,33H,4-5,7,9-11,15-16H2,1-3H3,(H,26,27,29,30). The van der Waals surface area contributed by atoms with Crippen LogP contribution >= 0.6 is 0 Å². The molecule has 2 N–H and O–H groups in total. The molecular formula is C25H33N7O. The minimum absolute atomic E-state index is 0.00574. The van der Waals surface area contributed by atoms with Crippen LogP contribution in [0.25, 0.3) is 10.8 Å². The summed E-state index contributed by atoms with van der Waals surface area (Å²) >= 11 is 0. The Hall–Kier alpha value is -3.00. The van der Waals surface area contributed by atoms with E-state index in [-0.39, 0.29) is 17.9 Å². The van der Waals surface area contributed by atoms with Gasteiger partial charge in [0.25, 0.3) is 0 Å². The fourth-order valence-corrected chi connectivity index (χ4v) is 4.78. The third-order valence-corrected chi connectivity index (χ3v) is 6.82. The molecule has 8 heteroatoms. The molecule has 5 rings (SSSR count). The topological polar surface area (TPSA) is 90.3 Å². The number of aliphatic hydroxyl groups is 1. The number of aromatic nitrogens is 4. The minimum atomic E-state index is -0.00574. The third kappa shape index (κ3) is 4.44. The van der Waals surface area contributed by atoms with E-state index in [1.165, 1.54) is 12.8 Å². The smallest absolute Gasteiger partial charge is 0.227 e. The molecule has 0 amide bonds. The predicted octanol–water partition coefficient (Wildman–Crippen LogP) is 4.10. The highest BCUT2D eigenvalue weighted by Crippen LogP contribution is 2.34. The second-order valence-corrected chi connectivity index (χ2v) is 10.1. The number of hydrogen-bond donors (Lipinski definition) is 2. The van der Waals surface area contributed by atoms with Crippen molar-refractivity contribution in [3.63, 3.8) is 0 Å². The number of pyridine rings is 2. The van der Waals surface area contributed by atoms with Gasteiger partial charge in [0, 0.05) is 62.7 Å². The molecule has 0 spiro atoms. The molecule has 8 nitrogen and oxygen atoms in total. The van der Waals surface area contributed by atoms with E-state index in [1.807, 2.05) is 31.5 Å². The summed E-state index contributed by atoms with van der Waals surface area (Å²) in [6.45, 7) is 10.7. The molecule has 2 aliphatic heterocycles. The monoisotopic (exact) mass is 447 g/mol. The summed E-state index contributed by atoms with van der Waals surface area (Å²) in [5, 5.41) is 15.3. The lowest BCUT2D eigenvalue weighted by molar-refractivity contribution is 0.273. The van der Waals surface area contributed by atoms with Crippen LogP contribution in [0.2, 0.25) is 0 Å². The van der Waals surface area contributed by atoms with Crippen molar-refractivity contribution >= 4 is 34.2 Å². The van der Waals surface area contributed by atoms with Gasteiger partial charge in [-0.25, -0.2) is 15.0 Å². The minimum Gasteiger partial charge on any atom is -0.396 e. The molecule has 3 aromatic rings. The highest BCUT2D eigenvalue weighted by atomic mass is 16.3. The van der Waals surface area contributed by atoms with E-state index >= 15 is 0 Å². The summed E-state index contributed by atoms with van der Waals surface area (Å²) in [4.78, 5) is 23.3. The fourth-order valence-electron chi connectivity index (χ4n) is 4.78. The average Bonchev–Trinajstić information content (AvgIpc) is 2.77. The molecule has 174 valence electrons. The summed E-state index contributed by atoms with van der Waals surface area (Å²) in [7, 11) is 0. The molecule has 2 fully saturated rings. The van der Waals surface area contributed by atoms with Gasteiger partial charge < -0.3 is 20.2 Å². The maximum absolute atomic E-state index is 9.79. The maximum atomic E-state index is 9.79. The zero-order chi connectivity index (χ0) is 23.0. The first kappa shape index (κ1) is 21.8. The normalized spacial score (nSPS) is 18.8. The van der Waals surface area contributed by atoms with Gasteiger partial charge in [-0.1, -0.05) is 20.8 Å². The summed E-state index contributed by atoms with van der Waals surface area (Å²) in [5.41, 5.74) is 1.30. The number of anilines is 4. The van der Waals surface area contributed by atoms with Gasteiger partial charge in [-0.3, -0.25) is 0 Å². The number of hydrogen-bond acceptors (Lipinski definition) is 8. The van der Waals surface area contributed by atoms with E-state index in [0.717, 1.165) is 72.3 Å². The summed E-state index contributed by atoms with van der Waals surface area (Å²) < 4.78 is 0. The molecule has 0 aromatic carbocycles. The number of piperidine rings is 1. The van der Waals surface area contributed by atoms with Crippen LogP contribution in [0.15, 0.2) is 30.7 Å². The van der Waals surface area contributed by atoms with E-state index in [9.17, 15) is 5.11 Å². The highest BCUT2D eigenvalue weighted by Gasteiger charge is 2.28. The Labute approximate surface area is 195 Å². The van der Waals surface area contributed by atoms with E-state index < -0.39 is 0 Å². The van der Waals surface area contributed by atoms with Gasteiger partial charge >= 0.3 is 0 Å². The lowest BCUT2D eigenvalue weighted by atomic mass is 9.84. The SMILES string of the molecule is CC(CO)c1cnc(N2CCC2)c2cnc(Nc3ccnc(N4CCCC(C)(C)C4)n3)cc12. The van der Waals surface area contributed by atoms with Crippen molar-refractivity contribution in [2.45, 2.75) is 46.0 Å². The quantitative estimate of drug-likeness (QED) is 0.584. The van der Waals surface area contributed by atoms with Gasteiger partial charge in [-0.15, -0.1) is 0 Å². The van der Waals surface area contributed by atoms with Crippen LogP contribution in [0.3, 0.4) is 0 Å². The molecule has 33 heavy (non-hydrogen) atoms. The molecule has 2 saturated heterocycles. The summed E-state index contributed by atoms with van der Waals surface area (Å²) in [6, 6.07) is 3.92. The fraction of sp³-hybridized carbons (Fsp3) is 0.520. The molecule has 0 bridgehead atoms. The van der Waals surface area contributed by atoms with Crippen LogP contribution in [0, 0.1) is 5.41 Å². The number of rotatable bonds is 6. The van der Waals surface area contributed by atoms with Crippen LogP contribution in [0.5, 0.6) is 0 Å². The first-order valence-electron chi connectivity index (χ1n) is 11.9. The Morgan fingerprint density at radius 1 is 1.03 bits per heavy atom. The second kappa shape index (κ2) is 8.74. The van der Waals surface area contributed by atoms with Crippen molar-refractivity contribution in [1.29, 1.82) is 0 Å². The largest absolute Gasteiger partial charge is 0.396 e. The number of nitrogens with zero attached hydrogens (tertiary/aromatic N) is 6. The Bertz CT molecular complexity index is 1140. The van der Waals surface area contributed by atoms with Crippen LogP contribution in [0.1, 0.15) is 51.5 Å². The van der Waals surface area contributed by atoms with Gasteiger partial charge in [0.15, 0.2) is 0 Å². The molecule has 5 heterocycles. The van der Waals surface area contributed by atoms with Crippen molar-refractivity contribution in [3.05, 3.63) is 36.3 Å². The van der Waals surface area contributed by atoms with Gasteiger partial charge in [0.2, 0.25) is 5.95 Å². The van der Waals surface area contributed by atoms with Crippen LogP contribution in [0.4, 0.5) is 23.4 Å². The number of aliphatic hydroxyl groups excluding tert-OH is 1. The van der Waals surface area contributed by atoms with Gasteiger partial charge in [-0.2, -0.15) is 4.98 Å². The lowest BCUT2D eigenvalue weighted by Gasteiger charge is -2.38. The maximum Gasteiger partial charge on any atom is 0.227 e. The van der Waals surface area contributed by atoms with Crippen molar-refractivity contribution in [2.24, 2.45) is 5.41 Å². The predicted molar refractivity (Wildman–Crippen MR) is 132 cm³/mol. The van der Waals surface area contributed by atoms with Crippen molar-refractivity contribution < 1.29 is 5.11 Å². The molecule has 0 aliphatic carbocycles. The summed E-state index contributed by atoms with van der Waals surface area (Å²) in [5.74, 6) is 3.17. The van der Waals surface area contributed by atoms with Crippen LogP contribution in [-0.2, 0) is 0 Å². The number of nitrogens with one attached hydrogen (secondary N) is 1. The lowest BCUT2D eigenvalue weighted by Crippen LogP contribution is -2.41. The van der Waals surface area contributed by atoms with Gasteiger partial charge in [-0.05, 0) is 47.8 Å². The third-order valence-electron chi connectivity index (χ3n) is 6.82. The van der Waals surface area contributed by atoms with Crippen molar-refractivity contribution in [2.75, 3.05) is 47.9 Å². The van der Waals surface area contributed by atoms with E-state index in [1.54, 1.807) is 6.20 Å². The highest BCUT2D eigenvalue weighted by molar-refractivity contribution is 5.96. The van der Waals surface area contributed by atoms with Crippen molar-refractivity contribution in [3.8, 4) is 0 Å². The molecule has 0 saturated carbocycles. The molecule has 2 aliphatic rings. The van der Waals surface area contributed by atoms with E-state index in [0.29, 0.717) is 0 Å². The zero-order valence-corrected chi connectivity index (χ0v) is 19.8. The Kier molecular flexibility index (Phi) is 5.78. The van der Waals surface area contributed by atoms with Crippen molar-refractivity contribution in [1.82, 2.24) is 19.9 Å². The average molecular weight is 448 g/mol. The first-order chi connectivity index (χ1) is 15.9. The number of fused-ring (bicyclic) bond motifs is 1. The zero-order valence-electron chi connectivity index (χ0n) is 19.8. The Morgan fingerprint density at radius 2 is 1.85 bits per heavy atom. The van der Waals surface area contributed by atoms with Crippen LogP contribution in [-0.4, -0.2) is 57.8 Å². The van der Waals surface area contributed by atoms with E-state index in [4.69, 9.17) is 9.97 Å². The second-order valence-electron chi connectivity index (χ2n) is 10.1.